The summed E-state index contributed by atoms with van der Waals surface area (Å²) >= 11 is 5.32. The van der Waals surface area contributed by atoms with Gasteiger partial charge in [0.1, 0.15) is 5.57 Å². The molecule has 1 N–H and O–H groups in total. The van der Waals surface area contributed by atoms with Gasteiger partial charge in [-0.2, -0.15) is 0 Å². The number of nitrogens with zero attached hydrogens (tertiary/aromatic N) is 3. The van der Waals surface area contributed by atoms with E-state index in [1.807, 2.05) is 49.6 Å². The first-order chi connectivity index (χ1) is 16.2. The third kappa shape index (κ3) is 4.01. The minimum atomic E-state index is -0.569. The topological polar surface area (TPSA) is 97.5 Å². The second kappa shape index (κ2) is 9.03. The van der Waals surface area contributed by atoms with Crippen LogP contribution in [0.1, 0.15) is 29.4 Å². The van der Waals surface area contributed by atoms with E-state index in [0.29, 0.717) is 23.4 Å². The fraction of sp³-hybridized carbons (Fsp3) is 0.160. The van der Waals surface area contributed by atoms with Gasteiger partial charge in [0.25, 0.3) is 17.5 Å². The monoisotopic (exact) mass is 474 g/mol. The Morgan fingerprint density at radius 2 is 1.82 bits per heavy atom. The first-order valence-electron chi connectivity index (χ1n) is 10.7. The number of benzene rings is 2. The van der Waals surface area contributed by atoms with Gasteiger partial charge in [-0.15, -0.1) is 0 Å². The van der Waals surface area contributed by atoms with Gasteiger partial charge < -0.3 is 4.57 Å². The zero-order valence-corrected chi connectivity index (χ0v) is 19.7. The number of nitro groups is 1. The first kappa shape index (κ1) is 23.1. The van der Waals surface area contributed by atoms with Crippen molar-refractivity contribution in [2.24, 2.45) is 0 Å². The minimum absolute atomic E-state index is 0.0227. The van der Waals surface area contributed by atoms with Gasteiger partial charge in [-0.05, 0) is 67.9 Å². The molecule has 0 unspecified atom stereocenters. The molecule has 172 valence electrons. The number of anilines is 1. The number of nitro benzene ring substituents is 1. The molecule has 0 saturated carbocycles. The number of aromatic nitrogens is 1. The van der Waals surface area contributed by atoms with Crippen LogP contribution in [-0.4, -0.2) is 26.4 Å². The molecule has 0 aliphatic carbocycles. The molecular weight excluding hydrogens is 452 g/mol. The molecule has 34 heavy (non-hydrogen) atoms. The number of nitrogens with one attached hydrogen (secondary N) is 1. The molecule has 0 spiro atoms. The van der Waals surface area contributed by atoms with Crippen molar-refractivity contribution >= 4 is 46.6 Å². The molecule has 1 fully saturated rings. The predicted octanol–water partition coefficient (Wildman–Crippen LogP) is 4.40. The van der Waals surface area contributed by atoms with Crippen molar-refractivity contribution in [3.63, 3.8) is 0 Å². The Bertz CT molecular complexity index is 1390. The molecule has 3 aromatic rings. The first-order valence-corrected chi connectivity index (χ1v) is 11.1. The number of rotatable bonds is 5. The van der Waals surface area contributed by atoms with Gasteiger partial charge in [0, 0.05) is 23.5 Å². The van der Waals surface area contributed by atoms with Crippen LogP contribution in [0.15, 0.2) is 60.2 Å². The smallest absolute Gasteiger partial charge is 0.271 e. The SMILES string of the molecule is CCc1ccccc1N1C(=O)/C(=C/c2cc(C)n(-c3cccc([N+](=O)[O-])c3)c2C)C(=O)NC1=S. The van der Waals surface area contributed by atoms with Gasteiger partial charge in [0.2, 0.25) is 0 Å². The molecule has 1 aliphatic rings. The Labute approximate surface area is 201 Å². The van der Waals surface area contributed by atoms with E-state index in [1.54, 1.807) is 18.2 Å². The number of aryl methyl sites for hydroxylation is 2. The molecule has 1 aliphatic heterocycles. The van der Waals surface area contributed by atoms with Crippen LogP contribution in [-0.2, 0) is 16.0 Å². The van der Waals surface area contributed by atoms with Crippen molar-refractivity contribution in [3.8, 4) is 5.69 Å². The summed E-state index contributed by atoms with van der Waals surface area (Å²) in [6.45, 7) is 5.67. The molecule has 1 aromatic heterocycles. The van der Waals surface area contributed by atoms with E-state index in [-0.39, 0.29) is 16.4 Å². The highest BCUT2D eigenvalue weighted by Crippen LogP contribution is 2.28. The van der Waals surface area contributed by atoms with Crippen LogP contribution in [0.5, 0.6) is 0 Å². The molecule has 8 nitrogen and oxygen atoms in total. The molecule has 0 bridgehead atoms. The number of para-hydroxylation sites is 1. The molecule has 2 heterocycles. The van der Waals surface area contributed by atoms with Crippen molar-refractivity contribution in [3.05, 3.63) is 92.8 Å². The van der Waals surface area contributed by atoms with E-state index < -0.39 is 16.7 Å². The van der Waals surface area contributed by atoms with Crippen molar-refractivity contribution in [2.45, 2.75) is 27.2 Å². The standard InChI is InChI=1S/C25H22N4O4S/c1-4-17-8-5-6-11-22(17)28-24(31)21(23(30)26-25(28)34)13-18-12-15(2)27(16(18)3)19-9-7-10-20(14-19)29(32)33/h5-14H,4H2,1-3H3,(H,26,30,34)/b21-13+. The van der Waals surface area contributed by atoms with Crippen LogP contribution in [0.2, 0.25) is 0 Å². The normalized spacial score (nSPS) is 15.1. The molecule has 0 atom stereocenters. The van der Waals surface area contributed by atoms with E-state index in [1.165, 1.54) is 23.1 Å². The van der Waals surface area contributed by atoms with Gasteiger partial charge in [-0.1, -0.05) is 31.2 Å². The van der Waals surface area contributed by atoms with Gasteiger partial charge in [-0.3, -0.25) is 29.9 Å². The number of carbonyl (C=O) groups excluding carboxylic acids is 2. The fourth-order valence-electron chi connectivity index (χ4n) is 4.14. The highest BCUT2D eigenvalue weighted by molar-refractivity contribution is 7.80. The summed E-state index contributed by atoms with van der Waals surface area (Å²) in [7, 11) is 0. The Morgan fingerprint density at radius 3 is 2.53 bits per heavy atom. The molecule has 2 amide bonds. The number of thiocarbonyl (C=S) groups is 1. The largest absolute Gasteiger partial charge is 0.318 e. The highest BCUT2D eigenvalue weighted by Gasteiger charge is 2.35. The number of carbonyl (C=O) groups is 2. The Morgan fingerprint density at radius 1 is 1.09 bits per heavy atom. The number of hydrogen-bond acceptors (Lipinski definition) is 5. The molecule has 0 radical (unpaired) electrons. The predicted molar refractivity (Wildman–Crippen MR) is 134 cm³/mol. The lowest BCUT2D eigenvalue weighted by Crippen LogP contribution is -2.54. The maximum Gasteiger partial charge on any atom is 0.271 e. The zero-order valence-electron chi connectivity index (χ0n) is 18.9. The van der Waals surface area contributed by atoms with Crippen LogP contribution >= 0.6 is 12.2 Å². The Hall–Kier alpha value is -4.11. The summed E-state index contributed by atoms with van der Waals surface area (Å²) in [5.74, 6) is -1.07. The second-order valence-electron chi connectivity index (χ2n) is 7.88. The lowest BCUT2D eigenvalue weighted by Gasteiger charge is -2.30. The van der Waals surface area contributed by atoms with E-state index in [4.69, 9.17) is 12.2 Å². The highest BCUT2D eigenvalue weighted by atomic mass is 32.1. The Kier molecular flexibility index (Phi) is 6.12. The second-order valence-corrected chi connectivity index (χ2v) is 8.27. The van der Waals surface area contributed by atoms with Gasteiger partial charge in [-0.25, -0.2) is 0 Å². The average Bonchev–Trinajstić information content (AvgIpc) is 3.09. The van der Waals surface area contributed by atoms with Crippen molar-refractivity contribution < 1.29 is 14.5 Å². The number of hydrogen-bond donors (Lipinski definition) is 1. The number of non-ortho nitro benzene ring substituents is 1. The zero-order chi connectivity index (χ0) is 24.6. The third-order valence-corrected chi connectivity index (χ3v) is 6.07. The van der Waals surface area contributed by atoms with Crippen molar-refractivity contribution in [2.75, 3.05) is 4.90 Å². The summed E-state index contributed by atoms with van der Waals surface area (Å²) < 4.78 is 1.85. The molecule has 2 aromatic carbocycles. The lowest BCUT2D eigenvalue weighted by atomic mass is 10.0. The van der Waals surface area contributed by atoms with E-state index in [2.05, 4.69) is 5.32 Å². The molecular formula is C25H22N4O4S. The summed E-state index contributed by atoms with van der Waals surface area (Å²) in [6, 6.07) is 15.5. The molecule has 1 saturated heterocycles. The fourth-order valence-corrected chi connectivity index (χ4v) is 4.41. The summed E-state index contributed by atoms with van der Waals surface area (Å²) in [6.07, 6.45) is 2.23. The van der Waals surface area contributed by atoms with Crippen LogP contribution in [0.3, 0.4) is 0 Å². The van der Waals surface area contributed by atoms with Crippen molar-refractivity contribution in [1.29, 1.82) is 0 Å². The summed E-state index contributed by atoms with van der Waals surface area (Å²) in [5, 5.41) is 13.9. The lowest BCUT2D eigenvalue weighted by molar-refractivity contribution is -0.384. The van der Waals surface area contributed by atoms with Gasteiger partial charge in [0.05, 0.1) is 16.3 Å². The third-order valence-electron chi connectivity index (χ3n) is 5.78. The maximum absolute atomic E-state index is 13.4. The maximum atomic E-state index is 13.4. The minimum Gasteiger partial charge on any atom is -0.318 e. The van der Waals surface area contributed by atoms with Crippen LogP contribution < -0.4 is 10.2 Å². The quantitative estimate of drug-likeness (QED) is 0.194. The van der Waals surface area contributed by atoms with E-state index in [9.17, 15) is 19.7 Å². The van der Waals surface area contributed by atoms with Gasteiger partial charge in [0.15, 0.2) is 5.11 Å². The summed E-state index contributed by atoms with van der Waals surface area (Å²) in [5.41, 5.74) is 4.30. The van der Waals surface area contributed by atoms with Crippen LogP contribution in [0.25, 0.3) is 11.8 Å². The van der Waals surface area contributed by atoms with Crippen LogP contribution in [0.4, 0.5) is 11.4 Å². The van der Waals surface area contributed by atoms with E-state index in [0.717, 1.165) is 17.0 Å². The van der Waals surface area contributed by atoms with E-state index >= 15 is 0 Å². The van der Waals surface area contributed by atoms with Crippen LogP contribution in [0, 0.1) is 24.0 Å². The Balaban J connectivity index is 1.78. The molecule has 9 heteroatoms. The van der Waals surface area contributed by atoms with Crippen molar-refractivity contribution in [1.82, 2.24) is 9.88 Å². The summed E-state index contributed by atoms with van der Waals surface area (Å²) in [4.78, 5) is 38.3. The number of amides is 2. The van der Waals surface area contributed by atoms with Gasteiger partial charge >= 0.3 is 0 Å². The average molecular weight is 475 g/mol. The molecule has 4 rings (SSSR count).